The predicted molar refractivity (Wildman–Crippen MR) is 83.4 cm³/mol. The minimum absolute atomic E-state index is 0.182. The third kappa shape index (κ3) is 4.42. The zero-order chi connectivity index (χ0) is 15.3. The molecule has 1 aliphatic heterocycles. The van der Waals surface area contributed by atoms with Crippen molar-refractivity contribution < 1.29 is 13.2 Å². The van der Waals surface area contributed by atoms with E-state index >= 15 is 0 Å². The Morgan fingerprint density at radius 1 is 1.05 bits per heavy atom. The molecule has 2 fully saturated rings. The van der Waals surface area contributed by atoms with Crippen LogP contribution in [0.4, 0.5) is 0 Å². The van der Waals surface area contributed by atoms with Gasteiger partial charge in [-0.05, 0) is 19.3 Å². The largest absolute Gasteiger partial charge is 0.340 e. The molecule has 1 saturated carbocycles. The summed E-state index contributed by atoms with van der Waals surface area (Å²) >= 11 is 0. The van der Waals surface area contributed by atoms with Crippen LogP contribution in [0.1, 0.15) is 51.9 Å². The number of amides is 1. The SMILES string of the molecule is CCCCS(=O)(=O)N1CCN(C(=O)C2CCCCC2)CC1. The van der Waals surface area contributed by atoms with Gasteiger partial charge in [0, 0.05) is 32.1 Å². The minimum Gasteiger partial charge on any atom is -0.340 e. The quantitative estimate of drug-likeness (QED) is 0.777. The van der Waals surface area contributed by atoms with Crippen LogP contribution in [0.5, 0.6) is 0 Å². The van der Waals surface area contributed by atoms with Crippen LogP contribution in [-0.2, 0) is 14.8 Å². The highest BCUT2D eigenvalue weighted by atomic mass is 32.2. The summed E-state index contributed by atoms with van der Waals surface area (Å²) in [6.07, 6.45) is 7.17. The van der Waals surface area contributed by atoms with E-state index < -0.39 is 10.0 Å². The van der Waals surface area contributed by atoms with Crippen LogP contribution in [0.3, 0.4) is 0 Å². The lowest BCUT2D eigenvalue weighted by molar-refractivity contribution is -0.137. The van der Waals surface area contributed by atoms with Crippen LogP contribution in [0, 0.1) is 5.92 Å². The van der Waals surface area contributed by atoms with Crippen LogP contribution in [-0.4, -0.2) is 55.5 Å². The fourth-order valence-electron chi connectivity index (χ4n) is 3.25. The van der Waals surface area contributed by atoms with E-state index in [4.69, 9.17) is 0 Å². The number of piperazine rings is 1. The second kappa shape index (κ2) is 7.58. The number of sulfonamides is 1. The van der Waals surface area contributed by atoms with Crippen molar-refractivity contribution in [2.24, 2.45) is 5.92 Å². The third-order valence-electron chi connectivity index (χ3n) is 4.65. The molecule has 21 heavy (non-hydrogen) atoms. The Balaban J connectivity index is 1.83. The Hall–Kier alpha value is -0.620. The monoisotopic (exact) mass is 316 g/mol. The van der Waals surface area contributed by atoms with E-state index in [-0.39, 0.29) is 17.6 Å². The average molecular weight is 316 g/mol. The first-order valence-corrected chi connectivity index (χ1v) is 9.92. The molecule has 1 heterocycles. The van der Waals surface area contributed by atoms with Gasteiger partial charge >= 0.3 is 0 Å². The van der Waals surface area contributed by atoms with Crippen molar-refractivity contribution in [2.75, 3.05) is 31.9 Å². The average Bonchev–Trinajstić information content (AvgIpc) is 2.53. The maximum atomic E-state index is 12.4. The first-order chi connectivity index (χ1) is 10.0. The summed E-state index contributed by atoms with van der Waals surface area (Å²) < 4.78 is 25.9. The summed E-state index contributed by atoms with van der Waals surface area (Å²) in [5, 5.41) is 0. The lowest BCUT2D eigenvalue weighted by atomic mass is 9.88. The van der Waals surface area contributed by atoms with Crippen molar-refractivity contribution in [2.45, 2.75) is 51.9 Å². The molecule has 0 bridgehead atoms. The molecule has 0 unspecified atom stereocenters. The van der Waals surface area contributed by atoms with Gasteiger partial charge < -0.3 is 4.90 Å². The molecule has 1 aliphatic carbocycles. The summed E-state index contributed by atoms with van der Waals surface area (Å²) in [7, 11) is -3.12. The van der Waals surface area contributed by atoms with E-state index in [1.165, 1.54) is 6.42 Å². The molecule has 0 spiro atoms. The molecule has 122 valence electrons. The molecular formula is C15H28N2O3S. The lowest BCUT2D eigenvalue weighted by Gasteiger charge is -2.36. The first-order valence-electron chi connectivity index (χ1n) is 8.31. The van der Waals surface area contributed by atoms with Gasteiger partial charge in [-0.15, -0.1) is 0 Å². The zero-order valence-electron chi connectivity index (χ0n) is 13.1. The molecule has 0 radical (unpaired) electrons. The van der Waals surface area contributed by atoms with Gasteiger partial charge in [-0.2, -0.15) is 4.31 Å². The van der Waals surface area contributed by atoms with Crippen molar-refractivity contribution >= 4 is 15.9 Å². The zero-order valence-corrected chi connectivity index (χ0v) is 13.9. The third-order valence-corrected chi connectivity index (χ3v) is 6.61. The van der Waals surface area contributed by atoms with Crippen LogP contribution in [0.2, 0.25) is 0 Å². The van der Waals surface area contributed by atoms with Crippen molar-refractivity contribution in [3.05, 3.63) is 0 Å². The van der Waals surface area contributed by atoms with E-state index in [0.29, 0.717) is 32.6 Å². The van der Waals surface area contributed by atoms with E-state index in [0.717, 1.165) is 32.1 Å². The predicted octanol–water partition coefficient (Wildman–Crippen LogP) is 1.84. The highest BCUT2D eigenvalue weighted by Crippen LogP contribution is 2.26. The summed E-state index contributed by atoms with van der Waals surface area (Å²) in [6.45, 7) is 4.03. The Morgan fingerprint density at radius 3 is 2.24 bits per heavy atom. The second-order valence-electron chi connectivity index (χ2n) is 6.23. The van der Waals surface area contributed by atoms with E-state index in [9.17, 15) is 13.2 Å². The second-order valence-corrected chi connectivity index (χ2v) is 8.32. The van der Waals surface area contributed by atoms with Crippen molar-refractivity contribution in [1.82, 2.24) is 9.21 Å². The Labute approximate surface area is 128 Å². The number of carbonyl (C=O) groups is 1. The van der Waals surface area contributed by atoms with Gasteiger partial charge in [0.15, 0.2) is 0 Å². The topological polar surface area (TPSA) is 57.7 Å². The first kappa shape index (κ1) is 16.7. The maximum Gasteiger partial charge on any atom is 0.225 e. The van der Waals surface area contributed by atoms with Crippen molar-refractivity contribution in [1.29, 1.82) is 0 Å². The van der Waals surface area contributed by atoms with E-state index in [1.807, 2.05) is 11.8 Å². The van der Waals surface area contributed by atoms with Gasteiger partial charge in [0.25, 0.3) is 0 Å². The summed E-state index contributed by atoms with van der Waals surface area (Å²) in [4.78, 5) is 14.3. The number of hydrogen-bond acceptors (Lipinski definition) is 3. The van der Waals surface area contributed by atoms with Gasteiger partial charge in [0.2, 0.25) is 15.9 Å². The smallest absolute Gasteiger partial charge is 0.225 e. The molecule has 0 aromatic heterocycles. The van der Waals surface area contributed by atoms with Gasteiger partial charge in [-0.3, -0.25) is 4.79 Å². The fraction of sp³-hybridized carbons (Fsp3) is 0.933. The molecular weight excluding hydrogens is 288 g/mol. The molecule has 1 saturated heterocycles. The van der Waals surface area contributed by atoms with Gasteiger partial charge in [-0.25, -0.2) is 8.42 Å². The van der Waals surface area contributed by atoms with Crippen molar-refractivity contribution in [3.8, 4) is 0 Å². The molecule has 2 rings (SSSR count). The standard InChI is InChI=1S/C15H28N2O3S/c1-2-3-13-21(19,20)17-11-9-16(10-12-17)15(18)14-7-5-4-6-8-14/h14H,2-13H2,1H3. The molecule has 2 aliphatic rings. The number of carbonyl (C=O) groups excluding carboxylic acids is 1. The van der Waals surface area contributed by atoms with Gasteiger partial charge in [0.05, 0.1) is 5.75 Å². The summed E-state index contributed by atoms with van der Waals surface area (Å²) in [5.74, 6) is 0.669. The number of nitrogens with zero attached hydrogens (tertiary/aromatic N) is 2. The molecule has 5 nitrogen and oxygen atoms in total. The normalized spacial score (nSPS) is 22.4. The number of rotatable bonds is 5. The highest BCUT2D eigenvalue weighted by molar-refractivity contribution is 7.89. The maximum absolute atomic E-state index is 12.4. The van der Waals surface area contributed by atoms with E-state index in [2.05, 4.69) is 0 Å². The Morgan fingerprint density at radius 2 is 1.67 bits per heavy atom. The highest BCUT2D eigenvalue weighted by Gasteiger charge is 2.31. The van der Waals surface area contributed by atoms with Crippen LogP contribution in [0.15, 0.2) is 0 Å². The summed E-state index contributed by atoms with van der Waals surface area (Å²) in [5.41, 5.74) is 0. The molecule has 0 atom stereocenters. The number of unbranched alkanes of at least 4 members (excludes halogenated alkanes) is 1. The van der Waals surface area contributed by atoms with Crippen LogP contribution in [0.25, 0.3) is 0 Å². The molecule has 6 heteroatoms. The minimum atomic E-state index is -3.12. The Bertz CT molecular complexity index is 436. The Kier molecular flexibility index (Phi) is 6.05. The lowest BCUT2D eigenvalue weighted by Crippen LogP contribution is -2.52. The van der Waals surface area contributed by atoms with Gasteiger partial charge in [0.1, 0.15) is 0 Å². The number of hydrogen-bond donors (Lipinski definition) is 0. The van der Waals surface area contributed by atoms with Crippen LogP contribution < -0.4 is 0 Å². The van der Waals surface area contributed by atoms with E-state index in [1.54, 1.807) is 4.31 Å². The fourth-order valence-corrected chi connectivity index (χ4v) is 4.88. The van der Waals surface area contributed by atoms with Gasteiger partial charge in [-0.1, -0.05) is 32.6 Å². The summed E-state index contributed by atoms with van der Waals surface area (Å²) in [6, 6.07) is 0. The molecule has 0 aromatic carbocycles. The van der Waals surface area contributed by atoms with Crippen LogP contribution >= 0.6 is 0 Å². The molecule has 1 amide bonds. The van der Waals surface area contributed by atoms with Crippen molar-refractivity contribution in [3.63, 3.8) is 0 Å². The molecule has 0 aromatic rings. The molecule has 0 N–H and O–H groups in total.